The summed E-state index contributed by atoms with van der Waals surface area (Å²) in [6.07, 6.45) is 0. The first-order chi connectivity index (χ1) is 10.5. The van der Waals surface area contributed by atoms with Crippen LogP contribution < -0.4 is 11.3 Å². The van der Waals surface area contributed by atoms with Gasteiger partial charge in [-0.05, 0) is 43.5 Å². The van der Waals surface area contributed by atoms with E-state index in [1.807, 2.05) is 56.3 Å². The second-order valence-electron chi connectivity index (χ2n) is 5.54. The van der Waals surface area contributed by atoms with Gasteiger partial charge in [0.05, 0.1) is 10.4 Å². The fourth-order valence-electron chi connectivity index (χ4n) is 2.63. The largest absolute Gasteiger partial charge is 0.323 e. The van der Waals surface area contributed by atoms with Crippen LogP contribution in [0.2, 0.25) is 5.02 Å². The maximum atomic E-state index is 13.0. The van der Waals surface area contributed by atoms with E-state index in [1.54, 1.807) is 10.6 Å². The zero-order valence-corrected chi connectivity index (χ0v) is 13.3. The molecule has 4 heteroatoms. The van der Waals surface area contributed by atoms with E-state index in [0.717, 1.165) is 22.3 Å². The summed E-state index contributed by atoms with van der Waals surface area (Å²) in [4.78, 5) is 13.0. The number of aromatic nitrogens is 1. The molecule has 0 unspecified atom stereocenters. The quantitative estimate of drug-likeness (QED) is 0.778. The molecule has 0 fully saturated rings. The van der Waals surface area contributed by atoms with Crippen molar-refractivity contribution in [2.75, 3.05) is 0 Å². The molecule has 0 bridgehead atoms. The van der Waals surface area contributed by atoms with E-state index >= 15 is 0 Å². The van der Waals surface area contributed by atoms with Crippen LogP contribution in [-0.4, -0.2) is 4.57 Å². The summed E-state index contributed by atoms with van der Waals surface area (Å²) in [5.41, 5.74) is 8.65. The third-order valence-corrected chi connectivity index (χ3v) is 4.10. The molecular weight excluding hydrogens is 296 g/mol. The first-order valence-corrected chi connectivity index (χ1v) is 7.53. The number of hydrogen-bond acceptors (Lipinski definition) is 2. The minimum absolute atomic E-state index is 0.140. The van der Waals surface area contributed by atoms with Crippen molar-refractivity contribution in [3.8, 4) is 5.69 Å². The van der Waals surface area contributed by atoms with Crippen molar-refractivity contribution < 1.29 is 0 Å². The molecule has 0 spiro atoms. The second kappa shape index (κ2) is 5.59. The lowest BCUT2D eigenvalue weighted by Crippen LogP contribution is -2.25. The molecule has 0 aliphatic rings. The van der Waals surface area contributed by atoms with Crippen LogP contribution in [0, 0.1) is 6.92 Å². The number of aryl methyl sites for hydroxylation is 1. The molecule has 1 heterocycles. The smallest absolute Gasteiger partial charge is 0.264 e. The van der Waals surface area contributed by atoms with Gasteiger partial charge in [-0.1, -0.05) is 41.4 Å². The summed E-state index contributed by atoms with van der Waals surface area (Å²) in [6.45, 7) is 3.88. The Morgan fingerprint density at radius 2 is 1.82 bits per heavy atom. The molecule has 2 N–H and O–H groups in total. The van der Waals surface area contributed by atoms with Crippen molar-refractivity contribution >= 4 is 22.4 Å². The Bertz CT molecular complexity index is 895. The minimum atomic E-state index is -0.266. The molecule has 2 aromatic carbocycles. The van der Waals surface area contributed by atoms with Crippen LogP contribution in [0.4, 0.5) is 0 Å². The zero-order valence-electron chi connectivity index (χ0n) is 12.5. The van der Waals surface area contributed by atoms with Crippen LogP contribution in [-0.2, 0) is 0 Å². The number of halogens is 1. The van der Waals surface area contributed by atoms with Gasteiger partial charge in [-0.2, -0.15) is 0 Å². The summed E-state index contributed by atoms with van der Waals surface area (Å²) < 4.78 is 1.65. The molecule has 0 radical (unpaired) electrons. The summed E-state index contributed by atoms with van der Waals surface area (Å²) in [5, 5.41) is 1.79. The van der Waals surface area contributed by atoms with Gasteiger partial charge < -0.3 is 5.73 Å². The fourth-order valence-corrected chi connectivity index (χ4v) is 2.90. The highest BCUT2D eigenvalue weighted by molar-refractivity contribution is 6.35. The van der Waals surface area contributed by atoms with Crippen molar-refractivity contribution in [3.63, 3.8) is 0 Å². The molecule has 1 atom stereocenters. The molecule has 3 aromatic rings. The summed E-state index contributed by atoms with van der Waals surface area (Å²) in [5.74, 6) is 0. The van der Waals surface area contributed by atoms with Gasteiger partial charge in [0.1, 0.15) is 0 Å². The SMILES string of the molecule is Cc1ccc(-n2c([C@H](C)N)cc3cccc(Cl)c3c2=O)cc1. The zero-order chi connectivity index (χ0) is 15.9. The molecule has 22 heavy (non-hydrogen) atoms. The van der Waals surface area contributed by atoms with Gasteiger partial charge in [0, 0.05) is 17.4 Å². The predicted octanol–water partition coefficient (Wildman–Crippen LogP) is 3.97. The predicted molar refractivity (Wildman–Crippen MR) is 91.9 cm³/mol. The topological polar surface area (TPSA) is 48.0 Å². The maximum Gasteiger partial charge on any atom is 0.264 e. The molecule has 1 aromatic heterocycles. The highest BCUT2D eigenvalue weighted by Crippen LogP contribution is 2.24. The minimum Gasteiger partial charge on any atom is -0.323 e. The van der Waals surface area contributed by atoms with E-state index in [1.165, 1.54) is 0 Å². The number of pyridine rings is 1. The standard InChI is InChI=1S/C18H17ClN2O/c1-11-6-8-14(9-7-11)21-16(12(2)20)10-13-4-3-5-15(19)17(13)18(21)22/h3-10,12H,20H2,1-2H3/t12-/m0/s1. The summed E-state index contributed by atoms with van der Waals surface area (Å²) in [7, 11) is 0. The van der Waals surface area contributed by atoms with Crippen LogP contribution in [0.3, 0.4) is 0 Å². The van der Waals surface area contributed by atoms with Gasteiger partial charge in [-0.25, -0.2) is 0 Å². The molecule has 0 aliphatic heterocycles. The Balaban J connectivity index is 2.43. The van der Waals surface area contributed by atoms with E-state index in [0.29, 0.717) is 10.4 Å². The van der Waals surface area contributed by atoms with Gasteiger partial charge in [-0.15, -0.1) is 0 Å². The van der Waals surface area contributed by atoms with E-state index < -0.39 is 0 Å². The van der Waals surface area contributed by atoms with Crippen molar-refractivity contribution in [2.45, 2.75) is 19.9 Å². The summed E-state index contributed by atoms with van der Waals surface area (Å²) >= 11 is 6.23. The maximum absolute atomic E-state index is 13.0. The Labute approximate surface area is 133 Å². The number of nitrogens with zero attached hydrogens (tertiary/aromatic N) is 1. The molecule has 0 amide bonds. The van der Waals surface area contributed by atoms with E-state index in [2.05, 4.69) is 0 Å². The first-order valence-electron chi connectivity index (χ1n) is 7.16. The van der Waals surface area contributed by atoms with Crippen molar-refractivity contribution in [1.82, 2.24) is 4.57 Å². The molecule has 0 saturated heterocycles. The number of fused-ring (bicyclic) bond motifs is 1. The van der Waals surface area contributed by atoms with E-state index in [-0.39, 0.29) is 11.6 Å². The Kier molecular flexibility index (Phi) is 3.77. The summed E-state index contributed by atoms with van der Waals surface area (Å²) in [6, 6.07) is 14.9. The van der Waals surface area contributed by atoms with Gasteiger partial charge in [0.2, 0.25) is 0 Å². The highest BCUT2D eigenvalue weighted by Gasteiger charge is 2.15. The molecule has 3 nitrogen and oxygen atoms in total. The van der Waals surface area contributed by atoms with Crippen LogP contribution in [0.1, 0.15) is 24.2 Å². The van der Waals surface area contributed by atoms with Crippen molar-refractivity contribution in [3.05, 3.63) is 75.2 Å². The average Bonchev–Trinajstić information content (AvgIpc) is 2.48. The monoisotopic (exact) mass is 312 g/mol. The fraction of sp³-hybridized carbons (Fsp3) is 0.167. The Morgan fingerprint density at radius 1 is 1.14 bits per heavy atom. The molecular formula is C18H17ClN2O. The molecule has 0 saturated carbocycles. The van der Waals surface area contributed by atoms with Gasteiger partial charge in [0.25, 0.3) is 5.56 Å². The van der Waals surface area contributed by atoms with Gasteiger partial charge >= 0.3 is 0 Å². The van der Waals surface area contributed by atoms with Crippen LogP contribution in [0.5, 0.6) is 0 Å². The third kappa shape index (κ3) is 2.43. The number of nitrogens with two attached hydrogens (primary N) is 1. The average molecular weight is 313 g/mol. The van der Waals surface area contributed by atoms with Gasteiger partial charge in [-0.3, -0.25) is 9.36 Å². The lowest BCUT2D eigenvalue weighted by atomic mass is 10.1. The van der Waals surface area contributed by atoms with Gasteiger partial charge in [0.15, 0.2) is 0 Å². The Morgan fingerprint density at radius 3 is 2.45 bits per heavy atom. The third-order valence-electron chi connectivity index (χ3n) is 3.78. The van der Waals surface area contributed by atoms with Crippen molar-refractivity contribution in [2.24, 2.45) is 5.73 Å². The Hall–Kier alpha value is -2.10. The van der Waals surface area contributed by atoms with E-state index in [4.69, 9.17) is 17.3 Å². The van der Waals surface area contributed by atoms with E-state index in [9.17, 15) is 4.79 Å². The second-order valence-corrected chi connectivity index (χ2v) is 5.95. The van der Waals surface area contributed by atoms with Crippen LogP contribution in [0.15, 0.2) is 53.3 Å². The van der Waals surface area contributed by atoms with Crippen LogP contribution >= 0.6 is 11.6 Å². The number of rotatable bonds is 2. The molecule has 3 rings (SSSR count). The number of hydrogen-bond donors (Lipinski definition) is 1. The molecule has 0 aliphatic carbocycles. The normalized spacial score (nSPS) is 12.5. The number of benzene rings is 2. The molecule has 112 valence electrons. The first kappa shape index (κ1) is 14.8. The van der Waals surface area contributed by atoms with Crippen LogP contribution in [0.25, 0.3) is 16.5 Å². The lowest BCUT2D eigenvalue weighted by molar-refractivity contribution is 0.734. The van der Waals surface area contributed by atoms with Crippen molar-refractivity contribution in [1.29, 1.82) is 0 Å². The lowest BCUT2D eigenvalue weighted by Gasteiger charge is -2.17. The highest BCUT2D eigenvalue weighted by atomic mass is 35.5.